The molecular formula is C14H17N3OS. The standard InChI is InChI=1S/C14H17N3OS/c1-3-12-13-5-4-6-16(13)7-8-17(12)14(18)11-9-19-10(2)15-11/h4-6,9,12H,3,7-8H2,1-2H3/t12-/m0/s1. The molecule has 2 aromatic rings. The first-order chi connectivity index (χ1) is 9.20. The lowest BCUT2D eigenvalue weighted by molar-refractivity contribution is 0.0612. The minimum Gasteiger partial charge on any atom is -0.348 e. The van der Waals surface area contributed by atoms with Crippen molar-refractivity contribution < 1.29 is 4.79 Å². The lowest BCUT2D eigenvalue weighted by Gasteiger charge is -2.36. The van der Waals surface area contributed by atoms with E-state index in [0.717, 1.165) is 24.5 Å². The van der Waals surface area contributed by atoms with E-state index < -0.39 is 0 Å². The second kappa shape index (κ2) is 4.81. The van der Waals surface area contributed by atoms with Gasteiger partial charge in [0, 0.05) is 30.4 Å². The second-order valence-corrected chi connectivity index (χ2v) is 5.86. The molecule has 1 amide bonds. The van der Waals surface area contributed by atoms with E-state index >= 15 is 0 Å². The highest BCUT2D eigenvalue weighted by molar-refractivity contribution is 7.09. The van der Waals surface area contributed by atoms with Crippen molar-refractivity contribution in [3.63, 3.8) is 0 Å². The average Bonchev–Trinajstić information content (AvgIpc) is 3.04. The van der Waals surface area contributed by atoms with E-state index in [4.69, 9.17) is 0 Å². The summed E-state index contributed by atoms with van der Waals surface area (Å²) in [7, 11) is 0. The fourth-order valence-corrected chi connectivity index (χ4v) is 3.33. The topological polar surface area (TPSA) is 38.1 Å². The summed E-state index contributed by atoms with van der Waals surface area (Å²) in [5.74, 6) is 0.0589. The predicted molar refractivity (Wildman–Crippen MR) is 75.4 cm³/mol. The van der Waals surface area contributed by atoms with Crippen LogP contribution >= 0.6 is 11.3 Å². The van der Waals surface area contributed by atoms with Gasteiger partial charge < -0.3 is 9.47 Å². The fourth-order valence-electron chi connectivity index (χ4n) is 2.75. The van der Waals surface area contributed by atoms with Crippen LogP contribution in [0.4, 0.5) is 0 Å². The summed E-state index contributed by atoms with van der Waals surface area (Å²) in [4.78, 5) is 18.9. The molecule has 0 unspecified atom stereocenters. The summed E-state index contributed by atoms with van der Waals surface area (Å²) in [6.45, 7) is 5.68. The van der Waals surface area contributed by atoms with Crippen LogP contribution < -0.4 is 0 Å². The number of aryl methyl sites for hydroxylation is 1. The van der Waals surface area contributed by atoms with E-state index in [1.165, 1.54) is 17.0 Å². The van der Waals surface area contributed by atoms with E-state index in [9.17, 15) is 4.79 Å². The molecule has 1 atom stereocenters. The van der Waals surface area contributed by atoms with Crippen LogP contribution in [-0.2, 0) is 6.54 Å². The van der Waals surface area contributed by atoms with Gasteiger partial charge in [-0.2, -0.15) is 0 Å². The van der Waals surface area contributed by atoms with Crippen LogP contribution in [0.25, 0.3) is 0 Å². The molecule has 1 aliphatic heterocycles. The number of hydrogen-bond donors (Lipinski definition) is 0. The Morgan fingerprint density at radius 1 is 1.53 bits per heavy atom. The molecule has 4 nitrogen and oxygen atoms in total. The van der Waals surface area contributed by atoms with E-state index in [1.807, 2.05) is 17.2 Å². The predicted octanol–water partition coefficient (Wildman–Crippen LogP) is 2.86. The maximum Gasteiger partial charge on any atom is 0.273 e. The van der Waals surface area contributed by atoms with Crippen molar-refractivity contribution in [2.45, 2.75) is 32.9 Å². The third kappa shape index (κ3) is 2.08. The highest BCUT2D eigenvalue weighted by Gasteiger charge is 2.30. The Morgan fingerprint density at radius 2 is 2.37 bits per heavy atom. The molecule has 3 heterocycles. The second-order valence-electron chi connectivity index (χ2n) is 4.80. The molecule has 1 aliphatic rings. The van der Waals surface area contributed by atoms with Crippen molar-refractivity contribution in [3.05, 3.63) is 40.1 Å². The number of aromatic nitrogens is 2. The minimum atomic E-state index is 0.0589. The van der Waals surface area contributed by atoms with Gasteiger partial charge in [-0.1, -0.05) is 6.92 Å². The zero-order valence-electron chi connectivity index (χ0n) is 11.2. The Bertz CT molecular complexity index is 601. The average molecular weight is 275 g/mol. The Kier molecular flexibility index (Phi) is 3.14. The molecule has 0 aromatic carbocycles. The van der Waals surface area contributed by atoms with Gasteiger partial charge in [0.05, 0.1) is 11.0 Å². The van der Waals surface area contributed by atoms with E-state index in [2.05, 4.69) is 34.8 Å². The van der Waals surface area contributed by atoms with Crippen LogP contribution in [0.5, 0.6) is 0 Å². The third-order valence-electron chi connectivity index (χ3n) is 3.65. The molecule has 0 bridgehead atoms. The molecule has 3 rings (SSSR count). The van der Waals surface area contributed by atoms with Crippen LogP contribution in [-0.4, -0.2) is 26.9 Å². The van der Waals surface area contributed by atoms with Crippen molar-refractivity contribution in [2.24, 2.45) is 0 Å². The van der Waals surface area contributed by atoms with Gasteiger partial charge in [-0.05, 0) is 25.5 Å². The monoisotopic (exact) mass is 275 g/mol. The number of nitrogens with zero attached hydrogens (tertiary/aromatic N) is 3. The number of carbonyl (C=O) groups excluding carboxylic acids is 1. The summed E-state index contributed by atoms with van der Waals surface area (Å²) < 4.78 is 2.24. The first kappa shape index (κ1) is 12.4. The molecule has 0 saturated heterocycles. The molecule has 0 aliphatic carbocycles. The molecule has 2 aromatic heterocycles. The molecule has 0 spiro atoms. The van der Waals surface area contributed by atoms with Gasteiger partial charge in [0.2, 0.25) is 0 Å². The van der Waals surface area contributed by atoms with Crippen LogP contribution in [0.2, 0.25) is 0 Å². The third-order valence-corrected chi connectivity index (χ3v) is 4.42. The van der Waals surface area contributed by atoms with Crippen LogP contribution in [0.3, 0.4) is 0 Å². The molecule has 19 heavy (non-hydrogen) atoms. The smallest absolute Gasteiger partial charge is 0.273 e. The zero-order valence-corrected chi connectivity index (χ0v) is 12.0. The lowest BCUT2D eigenvalue weighted by atomic mass is 10.1. The molecule has 0 saturated carbocycles. The number of rotatable bonds is 2. The first-order valence-corrected chi connectivity index (χ1v) is 7.46. The van der Waals surface area contributed by atoms with Gasteiger partial charge in [0.15, 0.2) is 0 Å². The van der Waals surface area contributed by atoms with Crippen LogP contribution in [0.15, 0.2) is 23.7 Å². The van der Waals surface area contributed by atoms with Gasteiger partial charge >= 0.3 is 0 Å². The molecule has 0 radical (unpaired) electrons. The van der Waals surface area contributed by atoms with Gasteiger partial charge in [-0.15, -0.1) is 11.3 Å². The van der Waals surface area contributed by atoms with Gasteiger partial charge in [-0.3, -0.25) is 4.79 Å². The highest BCUT2D eigenvalue weighted by Crippen LogP contribution is 2.30. The lowest BCUT2D eigenvalue weighted by Crippen LogP contribution is -2.41. The normalized spacial score (nSPS) is 18.4. The molecule has 0 fully saturated rings. The highest BCUT2D eigenvalue weighted by atomic mass is 32.1. The van der Waals surface area contributed by atoms with Crippen molar-refractivity contribution in [2.75, 3.05) is 6.54 Å². The molecule has 5 heteroatoms. The zero-order chi connectivity index (χ0) is 13.4. The van der Waals surface area contributed by atoms with Crippen LogP contribution in [0.1, 0.15) is 40.6 Å². The van der Waals surface area contributed by atoms with Gasteiger partial charge in [0.25, 0.3) is 5.91 Å². The van der Waals surface area contributed by atoms with Crippen LogP contribution in [0, 0.1) is 6.92 Å². The van der Waals surface area contributed by atoms with Gasteiger partial charge in [-0.25, -0.2) is 4.98 Å². The number of carbonyl (C=O) groups is 1. The minimum absolute atomic E-state index is 0.0589. The Morgan fingerprint density at radius 3 is 3.05 bits per heavy atom. The SMILES string of the molecule is CC[C@H]1c2cccn2CCN1C(=O)c1csc(C)n1. The Hall–Kier alpha value is -1.62. The van der Waals surface area contributed by atoms with Crippen molar-refractivity contribution in [1.29, 1.82) is 0 Å². The number of fused-ring (bicyclic) bond motifs is 1. The molecule has 0 N–H and O–H groups in total. The summed E-state index contributed by atoms with van der Waals surface area (Å²) in [5.41, 5.74) is 1.81. The summed E-state index contributed by atoms with van der Waals surface area (Å²) in [6, 6.07) is 4.33. The summed E-state index contributed by atoms with van der Waals surface area (Å²) in [6.07, 6.45) is 3.02. The maximum atomic E-state index is 12.6. The Labute approximate surface area is 116 Å². The van der Waals surface area contributed by atoms with Crippen molar-refractivity contribution >= 4 is 17.2 Å². The van der Waals surface area contributed by atoms with Crippen molar-refractivity contribution in [1.82, 2.24) is 14.5 Å². The largest absolute Gasteiger partial charge is 0.348 e. The first-order valence-electron chi connectivity index (χ1n) is 6.59. The molecular weight excluding hydrogens is 258 g/mol. The summed E-state index contributed by atoms with van der Waals surface area (Å²) in [5, 5.41) is 2.80. The van der Waals surface area contributed by atoms with Gasteiger partial charge in [0.1, 0.15) is 5.69 Å². The molecule has 100 valence electrons. The van der Waals surface area contributed by atoms with Crippen molar-refractivity contribution in [3.8, 4) is 0 Å². The Balaban J connectivity index is 1.91. The quantitative estimate of drug-likeness (QED) is 0.845. The summed E-state index contributed by atoms with van der Waals surface area (Å²) >= 11 is 1.53. The number of thiazole rings is 1. The number of amides is 1. The maximum absolute atomic E-state index is 12.6. The van der Waals surface area contributed by atoms with E-state index in [0.29, 0.717) is 5.69 Å². The number of hydrogen-bond acceptors (Lipinski definition) is 3. The van der Waals surface area contributed by atoms with E-state index in [-0.39, 0.29) is 11.9 Å². The van der Waals surface area contributed by atoms with E-state index in [1.54, 1.807) is 0 Å². The fraction of sp³-hybridized carbons (Fsp3) is 0.429.